The number of amides is 1. The molecule has 0 radical (unpaired) electrons. The predicted octanol–water partition coefficient (Wildman–Crippen LogP) is 1.01. The maximum absolute atomic E-state index is 10.9. The molecule has 0 atom stereocenters. The van der Waals surface area contributed by atoms with Gasteiger partial charge in [-0.15, -0.1) is 0 Å². The average Bonchev–Trinajstić information content (AvgIpc) is 2.03. The van der Waals surface area contributed by atoms with Crippen molar-refractivity contribution in [2.24, 2.45) is 0 Å². The van der Waals surface area contributed by atoms with E-state index in [1.165, 1.54) is 0 Å². The van der Waals surface area contributed by atoms with Crippen molar-refractivity contribution in [1.29, 1.82) is 0 Å². The van der Waals surface area contributed by atoms with Crippen LogP contribution >= 0.6 is 11.6 Å². The van der Waals surface area contributed by atoms with Gasteiger partial charge in [-0.2, -0.15) is 0 Å². The van der Waals surface area contributed by atoms with E-state index in [1.807, 2.05) is 0 Å². The molecule has 1 aliphatic rings. The van der Waals surface area contributed by atoms with Crippen molar-refractivity contribution in [3.8, 4) is 0 Å². The highest BCUT2D eigenvalue weighted by molar-refractivity contribution is 6.28. The second-order valence-corrected chi connectivity index (χ2v) is 2.90. The van der Waals surface area contributed by atoms with Gasteiger partial charge in [0.05, 0.1) is 0 Å². The zero-order valence-corrected chi connectivity index (χ0v) is 6.93. The van der Waals surface area contributed by atoms with E-state index in [0.29, 0.717) is 18.7 Å². The molecule has 0 aromatic carbocycles. The van der Waals surface area contributed by atoms with Gasteiger partial charge in [0.1, 0.15) is 5.82 Å². The van der Waals surface area contributed by atoms with Crippen molar-refractivity contribution in [2.45, 2.75) is 12.8 Å². The fraction of sp³-hybridized carbons (Fsp3) is 0.286. The summed E-state index contributed by atoms with van der Waals surface area (Å²) in [5.74, 6) is 0.531. The van der Waals surface area contributed by atoms with Crippen LogP contribution in [0.4, 0.5) is 5.82 Å². The molecule has 0 spiro atoms. The number of anilines is 1. The summed E-state index contributed by atoms with van der Waals surface area (Å²) in [5, 5.41) is 2.79. The number of aromatic nitrogens is 2. The molecule has 5 heteroatoms. The monoisotopic (exact) mass is 183 g/mol. The number of nitrogens with zero attached hydrogens (tertiary/aromatic N) is 2. The van der Waals surface area contributed by atoms with Crippen LogP contribution in [-0.2, 0) is 11.2 Å². The molecule has 0 aliphatic carbocycles. The number of nitrogens with one attached hydrogen (secondary N) is 1. The minimum Gasteiger partial charge on any atom is -0.310 e. The smallest absolute Gasteiger partial charge is 0.225 e. The Morgan fingerprint density at radius 1 is 1.50 bits per heavy atom. The van der Waals surface area contributed by atoms with Crippen molar-refractivity contribution >= 4 is 23.3 Å². The molecule has 4 nitrogen and oxygen atoms in total. The van der Waals surface area contributed by atoms with Crippen LogP contribution in [0.15, 0.2) is 6.20 Å². The van der Waals surface area contributed by atoms with E-state index in [2.05, 4.69) is 15.3 Å². The Morgan fingerprint density at radius 2 is 2.33 bits per heavy atom. The topological polar surface area (TPSA) is 54.9 Å². The van der Waals surface area contributed by atoms with E-state index in [9.17, 15) is 4.79 Å². The third kappa shape index (κ3) is 1.25. The van der Waals surface area contributed by atoms with E-state index in [4.69, 9.17) is 11.6 Å². The van der Waals surface area contributed by atoms with Crippen LogP contribution in [0.2, 0.25) is 5.28 Å². The lowest BCUT2D eigenvalue weighted by Gasteiger charge is -2.14. The lowest BCUT2D eigenvalue weighted by atomic mass is 10.1. The van der Waals surface area contributed by atoms with E-state index in [-0.39, 0.29) is 11.2 Å². The van der Waals surface area contributed by atoms with Gasteiger partial charge in [0, 0.05) is 18.2 Å². The summed E-state index contributed by atoms with van der Waals surface area (Å²) in [7, 11) is 0. The second-order valence-electron chi connectivity index (χ2n) is 2.56. The Kier molecular flexibility index (Phi) is 1.69. The molecule has 12 heavy (non-hydrogen) atoms. The van der Waals surface area contributed by atoms with Gasteiger partial charge >= 0.3 is 0 Å². The first-order valence-corrected chi connectivity index (χ1v) is 3.95. The van der Waals surface area contributed by atoms with Crippen LogP contribution in [0.1, 0.15) is 12.0 Å². The van der Waals surface area contributed by atoms with Crippen LogP contribution in [0.5, 0.6) is 0 Å². The Balaban J connectivity index is 2.44. The minimum atomic E-state index is -0.0164. The van der Waals surface area contributed by atoms with Gasteiger partial charge in [0.15, 0.2) is 0 Å². The Bertz CT molecular complexity index is 339. The van der Waals surface area contributed by atoms with Gasteiger partial charge in [0.25, 0.3) is 0 Å². The Labute approximate surface area is 74.0 Å². The molecule has 1 aromatic heterocycles. The van der Waals surface area contributed by atoms with Gasteiger partial charge < -0.3 is 5.32 Å². The average molecular weight is 184 g/mol. The van der Waals surface area contributed by atoms with E-state index >= 15 is 0 Å². The highest BCUT2D eigenvalue weighted by Gasteiger charge is 2.16. The number of hydrogen-bond donors (Lipinski definition) is 1. The Hall–Kier alpha value is -1.16. The molecule has 0 saturated heterocycles. The summed E-state index contributed by atoms with van der Waals surface area (Å²) in [6, 6.07) is 0. The van der Waals surface area contributed by atoms with Gasteiger partial charge in [-0.1, -0.05) is 0 Å². The number of fused-ring (bicyclic) bond motifs is 1. The lowest BCUT2D eigenvalue weighted by molar-refractivity contribution is -0.116. The van der Waals surface area contributed by atoms with Crippen molar-refractivity contribution in [3.63, 3.8) is 0 Å². The third-order valence-corrected chi connectivity index (χ3v) is 1.90. The summed E-state index contributed by atoms with van der Waals surface area (Å²) in [5.41, 5.74) is 0.944. The van der Waals surface area contributed by atoms with Crippen molar-refractivity contribution in [3.05, 3.63) is 17.0 Å². The summed E-state index contributed by atoms with van der Waals surface area (Å²) in [6.45, 7) is 0. The fourth-order valence-corrected chi connectivity index (χ4v) is 1.25. The maximum Gasteiger partial charge on any atom is 0.225 e. The molecular formula is C7H6ClN3O. The Morgan fingerprint density at radius 3 is 3.17 bits per heavy atom. The van der Waals surface area contributed by atoms with Crippen LogP contribution in [-0.4, -0.2) is 15.9 Å². The molecule has 1 aromatic rings. The molecule has 0 fully saturated rings. The van der Waals surface area contributed by atoms with E-state index in [0.717, 1.165) is 5.56 Å². The first kappa shape index (κ1) is 7.49. The SMILES string of the molecule is O=C1CCc2cnc(Cl)nc2N1. The van der Waals surface area contributed by atoms with Crippen molar-refractivity contribution < 1.29 is 4.79 Å². The molecular weight excluding hydrogens is 178 g/mol. The molecule has 1 aliphatic heterocycles. The lowest BCUT2D eigenvalue weighted by Crippen LogP contribution is -2.20. The molecule has 1 N–H and O–H groups in total. The number of rotatable bonds is 0. The summed E-state index contributed by atoms with van der Waals surface area (Å²) >= 11 is 5.55. The number of halogens is 1. The van der Waals surface area contributed by atoms with Crippen molar-refractivity contribution in [1.82, 2.24) is 9.97 Å². The van der Waals surface area contributed by atoms with E-state index < -0.39 is 0 Å². The normalized spacial score (nSPS) is 15.2. The highest BCUT2D eigenvalue weighted by atomic mass is 35.5. The number of carbonyl (C=O) groups is 1. The molecule has 0 saturated carbocycles. The fourth-order valence-electron chi connectivity index (χ4n) is 1.12. The first-order valence-electron chi connectivity index (χ1n) is 3.57. The number of aryl methyl sites for hydroxylation is 1. The maximum atomic E-state index is 10.9. The molecule has 0 unspecified atom stereocenters. The minimum absolute atomic E-state index is 0.0164. The molecule has 1 amide bonds. The summed E-state index contributed by atoms with van der Waals surface area (Å²) < 4.78 is 0. The van der Waals surface area contributed by atoms with Gasteiger partial charge in [-0.25, -0.2) is 9.97 Å². The molecule has 0 bridgehead atoms. The first-order chi connectivity index (χ1) is 5.75. The third-order valence-electron chi connectivity index (χ3n) is 1.71. The summed E-state index contributed by atoms with van der Waals surface area (Å²) in [4.78, 5) is 18.6. The summed E-state index contributed by atoms with van der Waals surface area (Å²) in [6.07, 6.45) is 2.83. The second kappa shape index (κ2) is 2.71. The largest absolute Gasteiger partial charge is 0.310 e. The zero-order valence-electron chi connectivity index (χ0n) is 6.17. The van der Waals surface area contributed by atoms with Crippen LogP contribution in [0.3, 0.4) is 0 Å². The number of hydrogen-bond acceptors (Lipinski definition) is 3. The zero-order chi connectivity index (χ0) is 8.55. The van der Waals surface area contributed by atoms with E-state index in [1.54, 1.807) is 6.20 Å². The van der Waals surface area contributed by atoms with Crippen LogP contribution in [0, 0.1) is 0 Å². The van der Waals surface area contributed by atoms with Crippen molar-refractivity contribution in [2.75, 3.05) is 5.32 Å². The molecule has 2 heterocycles. The van der Waals surface area contributed by atoms with Gasteiger partial charge in [-0.3, -0.25) is 4.79 Å². The van der Waals surface area contributed by atoms with Crippen LogP contribution in [0.25, 0.3) is 0 Å². The number of carbonyl (C=O) groups excluding carboxylic acids is 1. The predicted molar refractivity (Wildman–Crippen MR) is 44.0 cm³/mol. The standard InChI is InChI=1S/C7H6ClN3O/c8-7-9-3-4-1-2-5(12)10-6(4)11-7/h3H,1-2H2,(H,9,10,11,12). The van der Waals surface area contributed by atoms with Crippen LogP contribution < -0.4 is 5.32 Å². The highest BCUT2D eigenvalue weighted by Crippen LogP contribution is 2.19. The molecule has 2 rings (SSSR count). The van der Waals surface area contributed by atoms with Gasteiger partial charge in [0.2, 0.25) is 11.2 Å². The molecule has 62 valence electrons. The quantitative estimate of drug-likeness (QED) is 0.611. The van der Waals surface area contributed by atoms with Gasteiger partial charge in [-0.05, 0) is 18.0 Å².